The number of aromatic nitrogens is 2. The molecular weight excluding hydrogens is 314 g/mol. The SMILES string of the molecule is Cc1ccc(N(C)C(=O)c2nn(-c3ccccc3)c(C)cc2=O)cc1. The van der Waals surface area contributed by atoms with E-state index in [1.807, 2.05) is 61.5 Å². The molecule has 3 rings (SSSR count). The van der Waals surface area contributed by atoms with Crippen molar-refractivity contribution in [2.24, 2.45) is 0 Å². The normalized spacial score (nSPS) is 10.5. The summed E-state index contributed by atoms with van der Waals surface area (Å²) < 4.78 is 1.61. The molecule has 0 N–H and O–H groups in total. The number of hydrogen-bond acceptors (Lipinski definition) is 3. The summed E-state index contributed by atoms with van der Waals surface area (Å²) in [6.07, 6.45) is 0. The van der Waals surface area contributed by atoms with E-state index in [0.29, 0.717) is 11.4 Å². The van der Waals surface area contributed by atoms with E-state index in [0.717, 1.165) is 11.3 Å². The van der Waals surface area contributed by atoms with Crippen molar-refractivity contribution in [1.82, 2.24) is 9.78 Å². The molecule has 1 aromatic heterocycles. The van der Waals surface area contributed by atoms with Crippen molar-refractivity contribution in [3.63, 3.8) is 0 Å². The van der Waals surface area contributed by atoms with Crippen molar-refractivity contribution in [2.45, 2.75) is 13.8 Å². The molecule has 2 aromatic carbocycles. The molecule has 1 amide bonds. The maximum atomic E-state index is 12.8. The summed E-state index contributed by atoms with van der Waals surface area (Å²) in [5, 5.41) is 4.32. The van der Waals surface area contributed by atoms with Gasteiger partial charge in [0.15, 0.2) is 5.69 Å². The first-order chi connectivity index (χ1) is 12.0. The average Bonchev–Trinajstić information content (AvgIpc) is 2.62. The number of anilines is 1. The summed E-state index contributed by atoms with van der Waals surface area (Å²) in [6, 6.07) is 18.4. The Labute approximate surface area is 146 Å². The van der Waals surface area contributed by atoms with E-state index < -0.39 is 5.91 Å². The maximum absolute atomic E-state index is 12.8. The zero-order valence-corrected chi connectivity index (χ0v) is 14.4. The van der Waals surface area contributed by atoms with E-state index >= 15 is 0 Å². The Morgan fingerprint density at radius 3 is 2.28 bits per heavy atom. The number of rotatable bonds is 3. The molecule has 0 bridgehead atoms. The van der Waals surface area contributed by atoms with Crippen molar-refractivity contribution < 1.29 is 4.79 Å². The van der Waals surface area contributed by atoms with Crippen LogP contribution in [0.1, 0.15) is 21.7 Å². The van der Waals surface area contributed by atoms with Crippen LogP contribution in [0.15, 0.2) is 65.5 Å². The summed E-state index contributed by atoms with van der Waals surface area (Å²) in [6.45, 7) is 3.77. The Morgan fingerprint density at radius 1 is 1.00 bits per heavy atom. The number of aryl methyl sites for hydroxylation is 2. The van der Waals surface area contributed by atoms with Gasteiger partial charge >= 0.3 is 0 Å². The van der Waals surface area contributed by atoms with Gasteiger partial charge in [-0.15, -0.1) is 0 Å². The van der Waals surface area contributed by atoms with Gasteiger partial charge in [-0.05, 0) is 38.1 Å². The first kappa shape index (κ1) is 16.6. The lowest BCUT2D eigenvalue weighted by molar-refractivity contribution is 0.0985. The average molecular weight is 333 g/mol. The van der Waals surface area contributed by atoms with Gasteiger partial charge in [0, 0.05) is 24.5 Å². The highest BCUT2D eigenvalue weighted by atomic mass is 16.2. The summed E-state index contributed by atoms with van der Waals surface area (Å²) in [5.74, 6) is -0.432. The third kappa shape index (κ3) is 3.35. The van der Waals surface area contributed by atoms with E-state index in [-0.39, 0.29) is 11.1 Å². The molecule has 0 fully saturated rings. The molecule has 0 aliphatic carbocycles. The van der Waals surface area contributed by atoms with Crippen LogP contribution in [-0.2, 0) is 0 Å². The molecule has 0 spiro atoms. The summed E-state index contributed by atoms with van der Waals surface area (Å²) in [5.41, 5.74) is 2.80. The zero-order valence-electron chi connectivity index (χ0n) is 14.4. The van der Waals surface area contributed by atoms with Gasteiger partial charge in [0.1, 0.15) is 0 Å². The second-order valence-electron chi connectivity index (χ2n) is 5.95. The Hall–Kier alpha value is -3.21. The summed E-state index contributed by atoms with van der Waals surface area (Å²) in [7, 11) is 1.64. The van der Waals surface area contributed by atoms with E-state index in [4.69, 9.17) is 0 Å². The Morgan fingerprint density at radius 2 is 1.64 bits per heavy atom. The second-order valence-corrected chi connectivity index (χ2v) is 5.95. The van der Waals surface area contributed by atoms with Crippen LogP contribution in [0.3, 0.4) is 0 Å². The zero-order chi connectivity index (χ0) is 18.0. The van der Waals surface area contributed by atoms with Crippen molar-refractivity contribution in [3.8, 4) is 5.69 Å². The van der Waals surface area contributed by atoms with Gasteiger partial charge in [0.25, 0.3) is 5.91 Å². The molecule has 1 heterocycles. The van der Waals surface area contributed by atoms with E-state index in [1.165, 1.54) is 11.0 Å². The van der Waals surface area contributed by atoms with Crippen LogP contribution < -0.4 is 10.3 Å². The summed E-state index contributed by atoms with van der Waals surface area (Å²) in [4.78, 5) is 26.6. The van der Waals surface area contributed by atoms with E-state index in [2.05, 4.69) is 5.10 Å². The van der Waals surface area contributed by atoms with Crippen LogP contribution in [0.4, 0.5) is 5.69 Å². The predicted molar refractivity (Wildman–Crippen MR) is 98.5 cm³/mol. The van der Waals surface area contributed by atoms with Gasteiger partial charge < -0.3 is 4.90 Å². The van der Waals surface area contributed by atoms with Gasteiger partial charge in [0.05, 0.1) is 5.69 Å². The van der Waals surface area contributed by atoms with Gasteiger partial charge in [-0.25, -0.2) is 4.68 Å². The molecule has 0 saturated carbocycles. The number of hydrogen-bond donors (Lipinski definition) is 0. The first-order valence-electron chi connectivity index (χ1n) is 7.98. The van der Waals surface area contributed by atoms with Crippen LogP contribution in [0.5, 0.6) is 0 Å². The molecule has 5 nitrogen and oxygen atoms in total. The monoisotopic (exact) mass is 333 g/mol. The molecule has 5 heteroatoms. The molecule has 0 unspecified atom stereocenters. The fraction of sp³-hybridized carbons (Fsp3) is 0.150. The second kappa shape index (κ2) is 6.73. The number of benzene rings is 2. The van der Waals surface area contributed by atoms with E-state index in [1.54, 1.807) is 18.7 Å². The summed E-state index contributed by atoms with van der Waals surface area (Å²) >= 11 is 0. The lowest BCUT2D eigenvalue weighted by atomic mass is 10.2. The van der Waals surface area contributed by atoms with Gasteiger partial charge in [-0.1, -0.05) is 35.9 Å². The molecule has 3 aromatic rings. The first-order valence-corrected chi connectivity index (χ1v) is 7.98. The molecule has 0 aliphatic rings. The molecule has 25 heavy (non-hydrogen) atoms. The third-order valence-electron chi connectivity index (χ3n) is 4.04. The van der Waals surface area contributed by atoms with Gasteiger partial charge in [0.2, 0.25) is 5.43 Å². The Kier molecular flexibility index (Phi) is 4.48. The Balaban J connectivity index is 2.03. The fourth-order valence-corrected chi connectivity index (χ4v) is 2.57. The lowest BCUT2D eigenvalue weighted by Gasteiger charge is -2.18. The van der Waals surface area contributed by atoms with Crippen LogP contribution in [0.2, 0.25) is 0 Å². The van der Waals surface area contributed by atoms with Gasteiger partial charge in [-0.3, -0.25) is 9.59 Å². The largest absolute Gasteiger partial charge is 0.310 e. The third-order valence-corrected chi connectivity index (χ3v) is 4.04. The molecule has 0 saturated heterocycles. The maximum Gasteiger partial charge on any atom is 0.282 e. The molecular formula is C20H19N3O2. The molecule has 0 aliphatic heterocycles. The predicted octanol–water partition coefficient (Wildman–Crippen LogP) is 3.13. The number of carbonyl (C=O) groups is 1. The number of carbonyl (C=O) groups excluding carboxylic acids is 1. The molecule has 0 atom stereocenters. The van der Waals surface area contributed by atoms with Crippen molar-refractivity contribution in [3.05, 3.63) is 87.8 Å². The van der Waals surface area contributed by atoms with Crippen LogP contribution in [-0.4, -0.2) is 22.7 Å². The van der Waals surface area contributed by atoms with Crippen molar-refractivity contribution in [1.29, 1.82) is 0 Å². The number of nitrogens with zero attached hydrogens (tertiary/aromatic N) is 3. The minimum Gasteiger partial charge on any atom is -0.310 e. The highest BCUT2D eigenvalue weighted by Gasteiger charge is 2.20. The van der Waals surface area contributed by atoms with Crippen molar-refractivity contribution in [2.75, 3.05) is 11.9 Å². The smallest absolute Gasteiger partial charge is 0.282 e. The van der Waals surface area contributed by atoms with Gasteiger partial charge in [-0.2, -0.15) is 5.10 Å². The Bertz CT molecular complexity index is 960. The van der Waals surface area contributed by atoms with Crippen LogP contribution >= 0.6 is 0 Å². The minimum absolute atomic E-state index is 0.0995. The quantitative estimate of drug-likeness (QED) is 0.740. The fourth-order valence-electron chi connectivity index (χ4n) is 2.57. The molecule has 126 valence electrons. The highest BCUT2D eigenvalue weighted by molar-refractivity contribution is 6.04. The number of amides is 1. The van der Waals surface area contributed by atoms with Crippen molar-refractivity contribution >= 4 is 11.6 Å². The van der Waals surface area contributed by atoms with E-state index in [9.17, 15) is 9.59 Å². The topological polar surface area (TPSA) is 55.2 Å². The molecule has 0 radical (unpaired) electrons. The van der Waals surface area contributed by atoms with Crippen LogP contribution in [0.25, 0.3) is 5.69 Å². The number of para-hydroxylation sites is 1. The minimum atomic E-state index is -0.432. The lowest BCUT2D eigenvalue weighted by Crippen LogP contribution is -2.33. The highest BCUT2D eigenvalue weighted by Crippen LogP contribution is 2.15. The standard InChI is InChI=1S/C20H19N3O2/c1-14-9-11-16(12-10-14)22(3)20(25)19-18(24)13-15(2)23(21-19)17-7-5-4-6-8-17/h4-13H,1-3H3. The van der Waals surface area contributed by atoms with Crippen LogP contribution in [0, 0.1) is 13.8 Å².